The van der Waals surface area contributed by atoms with Crippen LogP contribution in [0.3, 0.4) is 0 Å². The molecule has 3 fully saturated rings. The zero-order valence-electron chi connectivity index (χ0n) is 26.2. The number of aromatic carboxylic acids is 1. The average Bonchev–Trinajstić information content (AvgIpc) is 2.88. The number of hydrogen-bond donors (Lipinski definition) is 2. The number of carboxylic acids is 2. The number of rotatable bonds is 3. The third-order valence-electron chi connectivity index (χ3n) is 13.8. The van der Waals surface area contributed by atoms with E-state index in [4.69, 9.17) is 0 Å². The van der Waals surface area contributed by atoms with Gasteiger partial charge in [0, 0.05) is 0 Å². The summed E-state index contributed by atoms with van der Waals surface area (Å²) in [5.74, 6) is 0.109. The highest BCUT2D eigenvalue weighted by Gasteiger charge is 2.66. The summed E-state index contributed by atoms with van der Waals surface area (Å²) in [4.78, 5) is 23.9. The van der Waals surface area contributed by atoms with Crippen molar-refractivity contribution in [3.8, 4) is 0 Å². The van der Waals surface area contributed by atoms with E-state index in [9.17, 15) is 19.8 Å². The van der Waals surface area contributed by atoms with Crippen LogP contribution in [-0.2, 0) is 4.79 Å². The number of carbonyl (C=O) groups is 2. The van der Waals surface area contributed by atoms with Crippen molar-refractivity contribution in [3.05, 3.63) is 53.1 Å². The lowest BCUT2D eigenvalue weighted by Gasteiger charge is -2.70. The van der Waals surface area contributed by atoms with Gasteiger partial charge in [-0.05, 0) is 125 Å². The summed E-state index contributed by atoms with van der Waals surface area (Å²) in [5.41, 5.74) is 5.00. The van der Waals surface area contributed by atoms with Crippen LogP contribution in [0, 0.1) is 56.7 Å². The fourth-order valence-corrected chi connectivity index (χ4v) is 11.7. The van der Waals surface area contributed by atoms with Crippen LogP contribution in [-0.4, -0.2) is 22.2 Å². The molecule has 222 valence electrons. The monoisotopic (exact) mass is 558 g/mol. The lowest BCUT2D eigenvalue weighted by atomic mass is 9.34. The van der Waals surface area contributed by atoms with E-state index >= 15 is 0 Å². The van der Waals surface area contributed by atoms with Crippen LogP contribution < -0.4 is 0 Å². The van der Waals surface area contributed by atoms with Gasteiger partial charge in [0.1, 0.15) is 0 Å². The fourth-order valence-electron chi connectivity index (χ4n) is 11.7. The maximum Gasteiger partial charge on any atom is 0.335 e. The van der Waals surface area contributed by atoms with Crippen molar-refractivity contribution < 1.29 is 19.8 Å². The molecule has 2 N–H and O–H groups in total. The molecule has 0 radical (unpaired) electrons. The minimum atomic E-state index is -0.880. The highest BCUT2D eigenvalue weighted by atomic mass is 16.4. The zero-order chi connectivity index (χ0) is 29.8. The Morgan fingerprint density at radius 1 is 0.829 bits per heavy atom. The van der Waals surface area contributed by atoms with Crippen molar-refractivity contribution in [3.63, 3.8) is 0 Å². The second-order valence-electron chi connectivity index (χ2n) is 16.5. The van der Waals surface area contributed by atoms with E-state index in [2.05, 4.69) is 60.6 Å². The minimum Gasteiger partial charge on any atom is -0.481 e. The summed E-state index contributed by atoms with van der Waals surface area (Å²) >= 11 is 0. The lowest BCUT2D eigenvalue weighted by Crippen LogP contribution is -2.62. The topological polar surface area (TPSA) is 74.6 Å². The molecule has 0 unspecified atom stereocenters. The largest absolute Gasteiger partial charge is 0.481 e. The van der Waals surface area contributed by atoms with Crippen LogP contribution in [0.15, 0.2) is 42.0 Å². The third-order valence-corrected chi connectivity index (χ3v) is 13.8. The molecule has 41 heavy (non-hydrogen) atoms. The van der Waals surface area contributed by atoms with E-state index in [0.29, 0.717) is 23.3 Å². The van der Waals surface area contributed by atoms with Gasteiger partial charge < -0.3 is 10.2 Å². The van der Waals surface area contributed by atoms with Crippen LogP contribution in [0.5, 0.6) is 0 Å². The van der Waals surface area contributed by atoms with Gasteiger partial charge in [0.25, 0.3) is 0 Å². The van der Waals surface area contributed by atoms with Crippen molar-refractivity contribution in [2.45, 2.75) is 99.8 Å². The molecule has 4 nitrogen and oxygen atoms in total. The molecule has 1 aromatic rings. The number of benzene rings is 1. The molecule has 0 heterocycles. The predicted octanol–water partition coefficient (Wildman–Crippen LogP) is 9.12. The van der Waals surface area contributed by atoms with Gasteiger partial charge in [0.05, 0.1) is 11.5 Å². The lowest BCUT2D eigenvalue weighted by molar-refractivity contribution is -0.162. The van der Waals surface area contributed by atoms with Crippen molar-refractivity contribution in [1.29, 1.82) is 0 Å². The molecule has 5 aliphatic rings. The van der Waals surface area contributed by atoms with Gasteiger partial charge in [-0.1, -0.05) is 78.3 Å². The summed E-state index contributed by atoms with van der Waals surface area (Å²) in [6, 6.07) is 7.48. The van der Waals surface area contributed by atoms with Crippen molar-refractivity contribution in [1.82, 2.24) is 0 Å². The minimum absolute atomic E-state index is 0.0102. The second kappa shape index (κ2) is 9.07. The Kier molecular flexibility index (Phi) is 6.36. The number of aliphatic carboxylic acids is 1. The Hall–Kier alpha value is -2.36. The summed E-state index contributed by atoms with van der Waals surface area (Å²) in [6.45, 7) is 17.1. The Morgan fingerprint density at radius 3 is 2.15 bits per heavy atom. The van der Waals surface area contributed by atoms with Gasteiger partial charge in [-0.2, -0.15) is 0 Å². The van der Waals surface area contributed by atoms with E-state index in [0.717, 1.165) is 44.1 Å². The van der Waals surface area contributed by atoms with Gasteiger partial charge in [-0.15, -0.1) is 0 Å². The van der Waals surface area contributed by atoms with E-state index < -0.39 is 11.9 Å². The molecule has 0 bridgehead atoms. The van der Waals surface area contributed by atoms with Crippen LogP contribution in [0.4, 0.5) is 0 Å². The van der Waals surface area contributed by atoms with Crippen LogP contribution in [0.25, 0.3) is 5.57 Å². The number of allylic oxidation sites excluding steroid dienone is 4. The highest BCUT2D eigenvalue weighted by molar-refractivity contribution is 5.88. The first-order chi connectivity index (χ1) is 19.0. The summed E-state index contributed by atoms with van der Waals surface area (Å²) < 4.78 is 0. The molecule has 3 saturated carbocycles. The van der Waals surface area contributed by atoms with Crippen LogP contribution in [0.2, 0.25) is 0 Å². The second-order valence-corrected chi connectivity index (χ2v) is 16.5. The number of hydrogen-bond acceptors (Lipinski definition) is 2. The first kappa shape index (κ1) is 28.7. The average molecular weight is 559 g/mol. The molecule has 8 atom stereocenters. The highest BCUT2D eigenvalue weighted by Crippen LogP contribution is 2.75. The van der Waals surface area contributed by atoms with Crippen LogP contribution >= 0.6 is 0 Å². The summed E-state index contributed by atoms with van der Waals surface area (Å²) in [6.07, 6.45) is 13.7. The molecular weight excluding hydrogens is 508 g/mol. The molecule has 6 rings (SSSR count). The maximum absolute atomic E-state index is 12.4. The van der Waals surface area contributed by atoms with E-state index in [-0.39, 0.29) is 38.9 Å². The van der Waals surface area contributed by atoms with E-state index in [1.165, 1.54) is 18.4 Å². The fraction of sp³-hybridized carbons (Fsp3) is 0.676. The maximum atomic E-state index is 12.4. The smallest absolute Gasteiger partial charge is 0.335 e. The van der Waals surface area contributed by atoms with Gasteiger partial charge in [0.2, 0.25) is 0 Å². The Labute approximate surface area is 246 Å². The Bertz CT molecular complexity index is 1330. The standard InChI is InChI=1S/C37H50O4/c1-33(2)20-25-24(26(21-33)32(40)41)14-18-36(6)28(25)12-13-30-35(5)17-15-27(22-8-10-23(11-9-22)31(38)39)34(3,4)29(35)16-19-37(30,36)7/h8-12,15,24-26,29-30H,13-14,16-21H2,1-7H3,(H,38,39)(H,40,41)/t24-,25-,26+,29-,30+,35-,36+,37+/m0/s1. The van der Waals surface area contributed by atoms with Gasteiger partial charge in [-0.25, -0.2) is 4.79 Å². The van der Waals surface area contributed by atoms with Crippen molar-refractivity contribution in [2.75, 3.05) is 0 Å². The van der Waals surface area contributed by atoms with Crippen LogP contribution in [0.1, 0.15) is 116 Å². The third kappa shape index (κ3) is 3.98. The predicted molar refractivity (Wildman–Crippen MR) is 163 cm³/mol. The normalized spacial score (nSPS) is 42.4. The van der Waals surface area contributed by atoms with E-state index in [1.807, 2.05) is 12.1 Å². The van der Waals surface area contributed by atoms with Crippen molar-refractivity contribution >= 4 is 17.5 Å². The number of carboxylic acid groups (broad SMARTS) is 2. The van der Waals surface area contributed by atoms with Gasteiger partial charge in [-0.3, -0.25) is 4.79 Å². The molecule has 0 saturated heterocycles. The Balaban J connectivity index is 1.37. The molecular formula is C37H50O4. The zero-order valence-corrected chi connectivity index (χ0v) is 26.2. The number of fused-ring (bicyclic) bond motifs is 7. The quantitative estimate of drug-likeness (QED) is 0.363. The molecule has 4 heteroatoms. The van der Waals surface area contributed by atoms with Gasteiger partial charge in [0.15, 0.2) is 0 Å². The molecule has 5 aliphatic carbocycles. The Morgan fingerprint density at radius 2 is 1.51 bits per heavy atom. The first-order valence-electron chi connectivity index (χ1n) is 16.0. The molecule has 0 amide bonds. The SMILES string of the molecule is CC1(C)C[C@@H]2C3=CC[C@@H]4[C@@]5(C)CC=C(c6ccc(C(=O)O)cc6)C(C)(C)[C@@H]5CC[C@@]4(C)[C@]3(C)CC[C@@H]2[C@H](C(=O)O)C1. The van der Waals surface area contributed by atoms with Crippen molar-refractivity contribution in [2.24, 2.45) is 56.7 Å². The molecule has 0 aliphatic heterocycles. The molecule has 0 spiro atoms. The molecule has 1 aromatic carbocycles. The van der Waals surface area contributed by atoms with Gasteiger partial charge >= 0.3 is 11.9 Å². The first-order valence-corrected chi connectivity index (χ1v) is 16.0. The summed E-state index contributed by atoms with van der Waals surface area (Å²) in [5, 5.41) is 19.6. The molecule has 0 aromatic heterocycles. The van der Waals surface area contributed by atoms with E-state index in [1.54, 1.807) is 17.7 Å². The summed E-state index contributed by atoms with van der Waals surface area (Å²) in [7, 11) is 0.